The Bertz CT molecular complexity index is 1670. The van der Waals surface area contributed by atoms with Gasteiger partial charge in [-0.1, -0.05) is 36.4 Å². The van der Waals surface area contributed by atoms with Crippen LogP contribution in [0.25, 0.3) is 11.0 Å². The van der Waals surface area contributed by atoms with E-state index in [2.05, 4.69) is 10.6 Å². The highest BCUT2D eigenvalue weighted by molar-refractivity contribution is 7.89. The van der Waals surface area contributed by atoms with Crippen molar-refractivity contribution in [2.75, 3.05) is 30.3 Å². The highest BCUT2D eigenvalue weighted by Crippen LogP contribution is 2.32. The van der Waals surface area contributed by atoms with Crippen LogP contribution >= 0.6 is 0 Å². The number of carbonyl (C=O) groups excluding carboxylic acids is 2. The molecule has 1 amide bonds. The van der Waals surface area contributed by atoms with Crippen LogP contribution in [0.5, 0.6) is 0 Å². The smallest absolute Gasteiger partial charge is 0.293 e. The first-order valence-electron chi connectivity index (χ1n) is 13.0. The number of furan rings is 1. The van der Waals surface area contributed by atoms with Crippen LogP contribution in [0.4, 0.5) is 11.4 Å². The first-order valence-corrected chi connectivity index (χ1v) is 14.5. The number of nitrogens with one attached hydrogen (secondary N) is 2. The fourth-order valence-corrected chi connectivity index (χ4v) is 6.51. The van der Waals surface area contributed by atoms with Crippen molar-refractivity contribution in [3.8, 4) is 0 Å². The highest BCUT2D eigenvalue weighted by atomic mass is 32.2. The molecule has 1 aliphatic heterocycles. The zero-order valence-electron chi connectivity index (χ0n) is 22.5. The number of hydrogen-bond acceptors (Lipinski definition) is 7. The predicted molar refractivity (Wildman–Crippen MR) is 153 cm³/mol. The summed E-state index contributed by atoms with van der Waals surface area (Å²) in [5.74, 6) is -0.753. The lowest BCUT2D eigenvalue weighted by molar-refractivity contribution is -0.0440. The summed E-state index contributed by atoms with van der Waals surface area (Å²) in [6.07, 6.45) is -0.454. The first kappa shape index (κ1) is 27.6. The molecule has 40 heavy (non-hydrogen) atoms. The molecule has 0 radical (unpaired) electrons. The van der Waals surface area contributed by atoms with E-state index in [9.17, 15) is 18.0 Å². The van der Waals surface area contributed by atoms with Gasteiger partial charge in [-0.2, -0.15) is 4.31 Å². The number of amides is 1. The lowest BCUT2D eigenvalue weighted by Crippen LogP contribution is -2.48. The number of rotatable bonds is 8. The molecule has 2 unspecified atom stereocenters. The maximum absolute atomic E-state index is 13.3. The van der Waals surface area contributed by atoms with E-state index in [1.54, 1.807) is 36.4 Å². The number of fused-ring (bicyclic) bond motifs is 1. The summed E-state index contributed by atoms with van der Waals surface area (Å²) in [7, 11) is -3.81. The monoisotopic (exact) mass is 561 g/mol. The number of morpholine rings is 1. The number of ketones is 1. The van der Waals surface area contributed by atoms with Gasteiger partial charge >= 0.3 is 0 Å². The largest absolute Gasteiger partial charge is 0.449 e. The van der Waals surface area contributed by atoms with Crippen molar-refractivity contribution in [3.05, 3.63) is 89.7 Å². The number of aryl methyl sites for hydroxylation is 1. The van der Waals surface area contributed by atoms with Crippen molar-refractivity contribution in [2.45, 2.75) is 37.9 Å². The van der Waals surface area contributed by atoms with E-state index in [1.165, 1.54) is 16.4 Å². The fourth-order valence-electron chi connectivity index (χ4n) is 4.87. The Kier molecular flexibility index (Phi) is 7.75. The third-order valence-electron chi connectivity index (χ3n) is 6.68. The molecule has 0 saturated carbocycles. The summed E-state index contributed by atoms with van der Waals surface area (Å²) < 4.78 is 39.6. The van der Waals surface area contributed by atoms with Crippen LogP contribution in [0, 0.1) is 6.92 Å². The minimum atomic E-state index is -3.81. The minimum absolute atomic E-state index is 0.0439. The van der Waals surface area contributed by atoms with E-state index >= 15 is 0 Å². The standard InChI is InChI=1S/C30H31N3O6S/c1-19-8-6-10-23(14-19)32-30(35)29-28(25-12-4-5-13-27(25)39-29)31-16-26(34)22-9-7-11-24(15-22)40(36,37)33-17-20(2)38-21(3)18-33/h4-15,20-21,31H,16-18H2,1-3H3,(H,32,35). The topological polar surface area (TPSA) is 118 Å². The Morgan fingerprint density at radius 2 is 1.68 bits per heavy atom. The molecular formula is C30H31N3O6S. The Morgan fingerprint density at radius 3 is 2.42 bits per heavy atom. The molecule has 0 spiro atoms. The van der Waals surface area contributed by atoms with Gasteiger partial charge in [-0.25, -0.2) is 8.42 Å². The van der Waals surface area contributed by atoms with E-state index < -0.39 is 15.9 Å². The van der Waals surface area contributed by atoms with E-state index in [4.69, 9.17) is 9.15 Å². The van der Waals surface area contributed by atoms with Crippen molar-refractivity contribution in [3.63, 3.8) is 0 Å². The molecule has 1 aliphatic rings. The molecule has 1 aromatic heterocycles. The molecule has 9 nitrogen and oxygen atoms in total. The summed E-state index contributed by atoms with van der Waals surface area (Å²) in [6, 6.07) is 20.6. The molecular weight excluding hydrogens is 530 g/mol. The summed E-state index contributed by atoms with van der Waals surface area (Å²) in [4.78, 5) is 26.4. The van der Waals surface area contributed by atoms with E-state index in [-0.39, 0.29) is 53.8 Å². The second-order valence-corrected chi connectivity index (χ2v) is 11.9. The molecule has 2 heterocycles. The maximum atomic E-state index is 13.3. The molecule has 0 bridgehead atoms. The quantitative estimate of drug-likeness (QED) is 0.288. The van der Waals surface area contributed by atoms with Crippen LogP contribution < -0.4 is 10.6 Å². The highest BCUT2D eigenvalue weighted by Gasteiger charge is 2.32. The third-order valence-corrected chi connectivity index (χ3v) is 8.51. The van der Waals surface area contributed by atoms with Gasteiger partial charge in [0, 0.05) is 29.7 Å². The van der Waals surface area contributed by atoms with Crippen LogP contribution in [-0.2, 0) is 14.8 Å². The summed E-state index contributed by atoms with van der Waals surface area (Å²) >= 11 is 0. The van der Waals surface area contributed by atoms with E-state index in [0.29, 0.717) is 22.3 Å². The number of sulfonamides is 1. The fraction of sp³-hybridized carbons (Fsp3) is 0.267. The van der Waals surface area contributed by atoms with Crippen LogP contribution in [0.2, 0.25) is 0 Å². The number of ether oxygens (including phenoxy) is 1. The summed E-state index contributed by atoms with van der Waals surface area (Å²) in [5, 5.41) is 6.56. The second kappa shape index (κ2) is 11.2. The Hall–Kier alpha value is -3.99. The Balaban J connectivity index is 1.36. The summed E-state index contributed by atoms with van der Waals surface area (Å²) in [6.45, 7) is 5.90. The first-order chi connectivity index (χ1) is 19.1. The normalized spacial score (nSPS) is 18.0. The van der Waals surface area contributed by atoms with Gasteiger partial charge in [0.2, 0.25) is 15.8 Å². The summed E-state index contributed by atoms with van der Waals surface area (Å²) in [5.41, 5.74) is 2.73. The van der Waals surface area contributed by atoms with Gasteiger partial charge in [0.1, 0.15) is 5.58 Å². The molecule has 3 aromatic carbocycles. The van der Waals surface area contributed by atoms with Gasteiger partial charge in [0.05, 0.1) is 29.3 Å². The molecule has 5 rings (SSSR count). The number of benzene rings is 3. The van der Waals surface area contributed by atoms with Crippen molar-refractivity contribution < 1.29 is 27.2 Å². The maximum Gasteiger partial charge on any atom is 0.293 e. The van der Waals surface area contributed by atoms with Crippen molar-refractivity contribution in [1.29, 1.82) is 0 Å². The van der Waals surface area contributed by atoms with Gasteiger partial charge in [0.15, 0.2) is 5.78 Å². The van der Waals surface area contributed by atoms with Crippen LogP contribution in [0.3, 0.4) is 0 Å². The van der Waals surface area contributed by atoms with Gasteiger partial charge < -0.3 is 19.8 Å². The van der Waals surface area contributed by atoms with Crippen molar-refractivity contribution >= 4 is 44.1 Å². The van der Waals surface area contributed by atoms with E-state index in [0.717, 1.165) is 5.56 Å². The molecule has 208 valence electrons. The Morgan fingerprint density at radius 1 is 0.950 bits per heavy atom. The lowest BCUT2D eigenvalue weighted by Gasteiger charge is -2.34. The number of para-hydroxylation sites is 1. The van der Waals surface area contributed by atoms with Gasteiger partial charge in [-0.15, -0.1) is 0 Å². The molecule has 10 heteroatoms. The molecule has 2 atom stereocenters. The van der Waals surface area contributed by atoms with Crippen LogP contribution in [0.15, 0.2) is 82.1 Å². The average molecular weight is 562 g/mol. The number of anilines is 2. The predicted octanol–water partition coefficient (Wildman–Crippen LogP) is 5.09. The minimum Gasteiger partial charge on any atom is -0.449 e. The van der Waals surface area contributed by atoms with Gasteiger partial charge in [-0.3, -0.25) is 9.59 Å². The number of carbonyl (C=O) groups is 2. The van der Waals surface area contributed by atoms with Crippen molar-refractivity contribution in [1.82, 2.24) is 4.31 Å². The van der Waals surface area contributed by atoms with Crippen LogP contribution in [-0.4, -0.2) is 56.3 Å². The van der Waals surface area contributed by atoms with Gasteiger partial charge in [0.25, 0.3) is 5.91 Å². The average Bonchev–Trinajstić information content (AvgIpc) is 3.30. The van der Waals surface area contributed by atoms with E-state index in [1.807, 2.05) is 45.0 Å². The van der Waals surface area contributed by atoms with Gasteiger partial charge in [-0.05, 0) is 62.7 Å². The second-order valence-electron chi connectivity index (χ2n) is 10.0. The number of Topliss-reactive ketones (excluding diaryl/α,β-unsaturated/α-hetero) is 1. The third kappa shape index (κ3) is 5.79. The molecule has 1 fully saturated rings. The molecule has 0 aliphatic carbocycles. The molecule has 1 saturated heterocycles. The Labute approximate surface area is 233 Å². The van der Waals surface area contributed by atoms with Crippen molar-refractivity contribution in [2.24, 2.45) is 0 Å². The molecule has 4 aromatic rings. The SMILES string of the molecule is Cc1cccc(NC(=O)c2oc3ccccc3c2NCC(=O)c2cccc(S(=O)(=O)N3CC(C)OC(C)C3)c2)c1. The number of nitrogens with zero attached hydrogens (tertiary/aromatic N) is 1. The van der Waals surface area contributed by atoms with Crippen LogP contribution in [0.1, 0.15) is 40.3 Å². The lowest BCUT2D eigenvalue weighted by atomic mass is 10.1. The number of hydrogen-bond donors (Lipinski definition) is 2. The zero-order valence-corrected chi connectivity index (χ0v) is 23.3. The zero-order chi connectivity index (χ0) is 28.4. The molecule has 2 N–H and O–H groups in total.